The lowest BCUT2D eigenvalue weighted by molar-refractivity contribution is 0.628. The molecular weight excluding hydrogens is 304 g/mol. The van der Waals surface area contributed by atoms with Gasteiger partial charge in [-0.3, -0.25) is 4.98 Å². The predicted octanol–water partition coefficient (Wildman–Crippen LogP) is 5.43. The van der Waals surface area contributed by atoms with E-state index in [9.17, 15) is 8.78 Å². The molecular formula is C18H12ClF2N. The largest absolute Gasteiger partial charge is 0.251 e. The highest BCUT2D eigenvalue weighted by Gasteiger charge is 2.10. The molecule has 110 valence electrons. The van der Waals surface area contributed by atoms with Crippen molar-refractivity contribution in [1.82, 2.24) is 4.98 Å². The van der Waals surface area contributed by atoms with Gasteiger partial charge in [-0.1, -0.05) is 30.3 Å². The van der Waals surface area contributed by atoms with Crippen LogP contribution >= 0.6 is 11.6 Å². The number of benzene rings is 2. The third kappa shape index (κ3) is 3.00. The lowest BCUT2D eigenvalue weighted by Crippen LogP contribution is -1.95. The first-order chi connectivity index (χ1) is 10.7. The van der Waals surface area contributed by atoms with Crippen LogP contribution in [-0.4, -0.2) is 4.98 Å². The maximum atomic E-state index is 13.4. The average molecular weight is 316 g/mol. The summed E-state index contributed by atoms with van der Waals surface area (Å²) in [5.41, 5.74) is 3.44. The highest BCUT2D eigenvalue weighted by molar-refractivity contribution is 6.17. The van der Waals surface area contributed by atoms with Crippen molar-refractivity contribution >= 4 is 11.6 Å². The summed E-state index contributed by atoms with van der Waals surface area (Å²) in [5.74, 6) is -0.442. The van der Waals surface area contributed by atoms with Gasteiger partial charge in [-0.25, -0.2) is 8.78 Å². The van der Waals surface area contributed by atoms with Crippen LogP contribution in [0.1, 0.15) is 5.69 Å². The van der Waals surface area contributed by atoms with Gasteiger partial charge >= 0.3 is 0 Å². The normalized spacial score (nSPS) is 10.7. The first-order valence-electron chi connectivity index (χ1n) is 6.75. The minimum Gasteiger partial charge on any atom is -0.251 e. The molecule has 0 N–H and O–H groups in total. The van der Waals surface area contributed by atoms with Crippen molar-refractivity contribution in [3.8, 4) is 22.4 Å². The molecule has 3 aromatic rings. The van der Waals surface area contributed by atoms with Gasteiger partial charge in [0.2, 0.25) is 0 Å². The fourth-order valence-electron chi connectivity index (χ4n) is 2.33. The summed E-state index contributed by atoms with van der Waals surface area (Å²) in [6, 6.07) is 16.1. The van der Waals surface area contributed by atoms with Crippen molar-refractivity contribution in [3.05, 3.63) is 78.0 Å². The van der Waals surface area contributed by atoms with Crippen molar-refractivity contribution in [2.75, 3.05) is 0 Å². The van der Waals surface area contributed by atoms with E-state index in [-0.39, 0.29) is 17.5 Å². The van der Waals surface area contributed by atoms with E-state index >= 15 is 0 Å². The molecule has 0 aliphatic heterocycles. The van der Waals surface area contributed by atoms with Gasteiger partial charge in [-0.15, -0.1) is 11.6 Å². The lowest BCUT2D eigenvalue weighted by Gasteiger charge is -2.10. The summed E-state index contributed by atoms with van der Waals surface area (Å²) < 4.78 is 26.7. The fraction of sp³-hybridized carbons (Fsp3) is 0.0556. The number of rotatable bonds is 3. The Morgan fingerprint density at radius 2 is 1.45 bits per heavy atom. The number of alkyl halides is 1. The van der Waals surface area contributed by atoms with E-state index in [2.05, 4.69) is 4.98 Å². The summed E-state index contributed by atoms with van der Waals surface area (Å²) in [5, 5.41) is 0. The van der Waals surface area contributed by atoms with Crippen LogP contribution in [0.4, 0.5) is 8.78 Å². The van der Waals surface area contributed by atoms with Crippen molar-refractivity contribution in [2.45, 2.75) is 5.88 Å². The molecule has 3 rings (SSSR count). The number of hydrogen-bond donors (Lipinski definition) is 0. The Balaban J connectivity index is 2.08. The molecule has 0 spiro atoms. The van der Waals surface area contributed by atoms with Gasteiger partial charge in [0.15, 0.2) is 0 Å². The van der Waals surface area contributed by atoms with E-state index in [1.165, 1.54) is 24.3 Å². The van der Waals surface area contributed by atoms with Crippen LogP contribution in [0.2, 0.25) is 0 Å². The SMILES string of the molecule is Fc1cccc(-c2ccc(-c3cccc(F)c3)c(CCl)n2)c1. The molecule has 1 heterocycles. The van der Waals surface area contributed by atoms with Crippen molar-refractivity contribution in [2.24, 2.45) is 0 Å². The van der Waals surface area contributed by atoms with E-state index in [4.69, 9.17) is 11.6 Å². The molecule has 0 unspecified atom stereocenters. The van der Waals surface area contributed by atoms with Gasteiger partial charge in [0.1, 0.15) is 11.6 Å². The molecule has 0 bridgehead atoms. The molecule has 0 aliphatic carbocycles. The van der Waals surface area contributed by atoms with E-state index < -0.39 is 0 Å². The number of pyridine rings is 1. The summed E-state index contributed by atoms with van der Waals surface area (Å²) >= 11 is 5.98. The Hall–Kier alpha value is -2.26. The number of nitrogens with zero attached hydrogens (tertiary/aromatic N) is 1. The Morgan fingerprint density at radius 3 is 2.09 bits per heavy atom. The monoisotopic (exact) mass is 315 g/mol. The number of halogens is 3. The van der Waals surface area contributed by atoms with Crippen LogP contribution in [0.25, 0.3) is 22.4 Å². The van der Waals surface area contributed by atoms with Gasteiger partial charge in [0, 0.05) is 11.1 Å². The molecule has 1 nitrogen and oxygen atoms in total. The Bertz CT molecular complexity index is 818. The van der Waals surface area contributed by atoms with E-state index in [1.807, 2.05) is 6.07 Å². The minimum absolute atomic E-state index is 0.189. The summed E-state index contributed by atoms with van der Waals surface area (Å²) in [7, 11) is 0. The number of hydrogen-bond acceptors (Lipinski definition) is 1. The van der Waals surface area contributed by atoms with E-state index in [0.717, 1.165) is 5.56 Å². The molecule has 0 aliphatic rings. The maximum absolute atomic E-state index is 13.4. The third-order valence-electron chi connectivity index (χ3n) is 3.36. The summed E-state index contributed by atoms with van der Waals surface area (Å²) in [4.78, 5) is 4.49. The van der Waals surface area contributed by atoms with E-state index in [0.29, 0.717) is 22.5 Å². The molecule has 0 atom stereocenters. The van der Waals surface area contributed by atoms with E-state index in [1.54, 1.807) is 30.3 Å². The minimum atomic E-state index is -0.319. The molecule has 1 aromatic heterocycles. The smallest absolute Gasteiger partial charge is 0.123 e. The van der Waals surface area contributed by atoms with Gasteiger partial charge in [-0.2, -0.15) is 0 Å². The Morgan fingerprint density at radius 1 is 0.818 bits per heavy atom. The van der Waals surface area contributed by atoms with Crippen molar-refractivity contribution in [1.29, 1.82) is 0 Å². The van der Waals surface area contributed by atoms with Crippen LogP contribution in [-0.2, 0) is 5.88 Å². The molecule has 22 heavy (non-hydrogen) atoms. The zero-order valence-corrected chi connectivity index (χ0v) is 12.3. The molecule has 0 radical (unpaired) electrons. The topological polar surface area (TPSA) is 12.9 Å². The predicted molar refractivity (Wildman–Crippen MR) is 84.6 cm³/mol. The molecule has 0 saturated carbocycles. The second-order valence-corrected chi connectivity index (χ2v) is 5.11. The standard InChI is InChI=1S/C18H12ClF2N/c19-11-18-16(12-3-1-5-14(20)9-12)7-8-17(22-18)13-4-2-6-15(21)10-13/h1-10H,11H2. The van der Waals surface area contributed by atoms with Crippen LogP contribution < -0.4 is 0 Å². The summed E-state index contributed by atoms with van der Waals surface area (Å²) in [6.07, 6.45) is 0. The molecule has 0 saturated heterocycles. The van der Waals surface area contributed by atoms with Gasteiger partial charge in [-0.05, 0) is 35.9 Å². The Kier molecular flexibility index (Phi) is 4.16. The van der Waals surface area contributed by atoms with Crippen LogP contribution in [0, 0.1) is 11.6 Å². The van der Waals surface area contributed by atoms with Crippen LogP contribution in [0.15, 0.2) is 60.7 Å². The van der Waals surface area contributed by atoms with Crippen LogP contribution in [0.3, 0.4) is 0 Å². The van der Waals surface area contributed by atoms with Crippen molar-refractivity contribution in [3.63, 3.8) is 0 Å². The van der Waals surface area contributed by atoms with Crippen LogP contribution in [0.5, 0.6) is 0 Å². The Labute approximate surface area is 132 Å². The quantitative estimate of drug-likeness (QED) is 0.587. The second-order valence-electron chi connectivity index (χ2n) is 4.85. The van der Waals surface area contributed by atoms with Gasteiger partial charge in [0.25, 0.3) is 0 Å². The molecule has 0 fully saturated rings. The summed E-state index contributed by atoms with van der Waals surface area (Å²) in [6.45, 7) is 0. The van der Waals surface area contributed by atoms with Gasteiger partial charge < -0.3 is 0 Å². The maximum Gasteiger partial charge on any atom is 0.123 e. The average Bonchev–Trinajstić information content (AvgIpc) is 2.54. The fourth-order valence-corrected chi connectivity index (χ4v) is 2.53. The van der Waals surface area contributed by atoms with Gasteiger partial charge in [0.05, 0.1) is 17.3 Å². The highest BCUT2D eigenvalue weighted by Crippen LogP contribution is 2.28. The first-order valence-corrected chi connectivity index (χ1v) is 7.28. The molecule has 0 amide bonds. The third-order valence-corrected chi connectivity index (χ3v) is 3.61. The zero-order valence-electron chi connectivity index (χ0n) is 11.6. The zero-order chi connectivity index (χ0) is 15.5. The molecule has 4 heteroatoms. The first kappa shape index (κ1) is 14.7. The lowest BCUT2D eigenvalue weighted by atomic mass is 10.0. The second kappa shape index (κ2) is 6.24. The number of aromatic nitrogens is 1. The molecule has 2 aromatic carbocycles. The highest BCUT2D eigenvalue weighted by atomic mass is 35.5. The van der Waals surface area contributed by atoms with Crippen molar-refractivity contribution < 1.29 is 8.78 Å².